The third-order valence-electron chi connectivity index (χ3n) is 3.24. The summed E-state index contributed by atoms with van der Waals surface area (Å²) in [7, 11) is 0. The zero-order chi connectivity index (χ0) is 16.0. The van der Waals surface area contributed by atoms with E-state index in [1.807, 2.05) is 38.1 Å². The molecule has 0 atom stereocenters. The number of hydrogen-bond donors (Lipinski definition) is 1. The molecule has 1 aromatic carbocycles. The number of benzene rings is 1. The summed E-state index contributed by atoms with van der Waals surface area (Å²) >= 11 is 0. The van der Waals surface area contributed by atoms with E-state index in [9.17, 15) is 9.59 Å². The summed E-state index contributed by atoms with van der Waals surface area (Å²) in [6.45, 7) is 9.99. The molecule has 1 aromatic rings. The summed E-state index contributed by atoms with van der Waals surface area (Å²) in [5, 5.41) is 2.85. The summed E-state index contributed by atoms with van der Waals surface area (Å²) < 4.78 is 0. The molecule has 0 heterocycles. The lowest BCUT2D eigenvalue weighted by Gasteiger charge is -2.25. The Hall–Kier alpha value is -1.84. The molecule has 0 saturated carbocycles. The maximum Gasteiger partial charge on any atom is 0.223 e. The van der Waals surface area contributed by atoms with Gasteiger partial charge in [0.05, 0.1) is 0 Å². The van der Waals surface area contributed by atoms with E-state index in [0.717, 1.165) is 11.3 Å². The van der Waals surface area contributed by atoms with Crippen LogP contribution in [0.25, 0.3) is 0 Å². The highest BCUT2D eigenvalue weighted by molar-refractivity contribution is 5.93. The largest absolute Gasteiger partial charge is 0.354 e. The van der Waals surface area contributed by atoms with Crippen molar-refractivity contribution in [3.05, 3.63) is 29.8 Å². The SMILES string of the molecule is CC(=O)N(CCC(=O)NC(C)C)c1ccccc1C(C)C. The van der Waals surface area contributed by atoms with Gasteiger partial charge in [0, 0.05) is 31.6 Å². The Morgan fingerprint density at radius 1 is 1.14 bits per heavy atom. The molecule has 0 fully saturated rings. The van der Waals surface area contributed by atoms with E-state index in [4.69, 9.17) is 0 Å². The quantitative estimate of drug-likeness (QED) is 0.875. The van der Waals surface area contributed by atoms with E-state index in [-0.39, 0.29) is 17.9 Å². The number of hydrogen-bond acceptors (Lipinski definition) is 2. The van der Waals surface area contributed by atoms with Crippen LogP contribution in [0.5, 0.6) is 0 Å². The van der Waals surface area contributed by atoms with Gasteiger partial charge in [-0.25, -0.2) is 0 Å². The van der Waals surface area contributed by atoms with Crippen molar-refractivity contribution in [1.29, 1.82) is 0 Å². The Morgan fingerprint density at radius 2 is 1.76 bits per heavy atom. The van der Waals surface area contributed by atoms with Gasteiger partial charge in [0.25, 0.3) is 0 Å². The Bertz CT molecular complexity index is 495. The summed E-state index contributed by atoms with van der Waals surface area (Å²) in [4.78, 5) is 25.4. The van der Waals surface area contributed by atoms with Crippen LogP contribution in [0.15, 0.2) is 24.3 Å². The average molecular weight is 290 g/mol. The number of amides is 2. The van der Waals surface area contributed by atoms with E-state index in [2.05, 4.69) is 19.2 Å². The molecule has 0 saturated heterocycles. The summed E-state index contributed by atoms with van der Waals surface area (Å²) in [5.74, 6) is 0.256. The van der Waals surface area contributed by atoms with Crippen molar-refractivity contribution in [3.63, 3.8) is 0 Å². The van der Waals surface area contributed by atoms with Crippen molar-refractivity contribution in [2.24, 2.45) is 0 Å². The second kappa shape index (κ2) is 7.81. The van der Waals surface area contributed by atoms with Gasteiger partial charge in [-0.15, -0.1) is 0 Å². The fraction of sp³-hybridized carbons (Fsp3) is 0.529. The van der Waals surface area contributed by atoms with Crippen molar-refractivity contribution >= 4 is 17.5 Å². The topological polar surface area (TPSA) is 49.4 Å². The van der Waals surface area contributed by atoms with Crippen molar-refractivity contribution < 1.29 is 9.59 Å². The zero-order valence-corrected chi connectivity index (χ0v) is 13.6. The molecule has 0 aromatic heterocycles. The third-order valence-corrected chi connectivity index (χ3v) is 3.24. The first-order valence-corrected chi connectivity index (χ1v) is 7.49. The van der Waals surface area contributed by atoms with Gasteiger partial charge in [0.15, 0.2) is 0 Å². The van der Waals surface area contributed by atoms with Crippen molar-refractivity contribution in [2.45, 2.75) is 53.0 Å². The smallest absolute Gasteiger partial charge is 0.223 e. The summed E-state index contributed by atoms with van der Waals surface area (Å²) in [5.41, 5.74) is 2.02. The van der Waals surface area contributed by atoms with Crippen molar-refractivity contribution in [3.8, 4) is 0 Å². The molecule has 0 aliphatic carbocycles. The van der Waals surface area contributed by atoms with Crippen LogP contribution in [0.2, 0.25) is 0 Å². The molecule has 116 valence electrons. The highest BCUT2D eigenvalue weighted by Crippen LogP contribution is 2.27. The predicted molar refractivity (Wildman–Crippen MR) is 86.5 cm³/mol. The fourth-order valence-electron chi connectivity index (χ4n) is 2.28. The van der Waals surface area contributed by atoms with Crippen molar-refractivity contribution in [1.82, 2.24) is 5.32 Å². The van der Waals surface area contributed by atoms with E-state index in [1.165, 1.54) is 6.92 Å². The third kappa shape index (κ3) is 5.21. The maximum absolute atomic E-state index is 11.9. The lowest BCUT2D eigenvalue weighted by atomic mass is 10.0. The number of carbonyl (C=O) groups excluding carboxylic acids is 2. The molecule has 4 heteroatoms. The number of rotatable bonds is 6. The monoisotopic (exact) mass is 290 g/mol. The molecular formula is C17H26N2O2. The first-order chi connectivity index (χ1) is 9.82. The van der Waals surface area contributed by atoms with Crippen LogP contribution in [-0.4, -0.2) is 24.4 Å². The van der Waals surface area contributed by atoms with E-state index >= 15 is 0 Å². The van der Waals surface area contributed by atoms with E-state index < -0.39 is 0 Å². The normalized spacial score (nSPS) is 10.8. The Morgan fingerprint density at radius 3 is 2.29 bits per heavy atom. The first kappa shape index (κ1) is 17.2. The molecule has 0 aliphatic rings. The second-order valence-electron chi connectivity index (χ2n) is 5.86. The van der Waals surface area contributed by atoms with Gasteiger partial charge < -0.3 is 10.2 Å². The number of para-hydroxylation sites is 1. The van der Waals surface area contributed by atoms with Gasteiger partial charge >= 0.3 is 0 Å². The molecule has 2 amide bonds. The number of nitrogens with zero attached hydrogens (tertiary/aromatic N) is 1. The van der Waals surface area contributed by atoms with Crippen LogP contribution in [0.4, 0.5) is 5.69 Å². The van der Waals surface area contributed by atoms with Gasteiger partial charge in [-0.3, -0.25) is 9.59 Å². The number of carbonyl (C=O) groups is 2. The number of nitrogens with one attached hydrogen (secondary N) is 1. The maximum atomic E-state index is 11.9. The lowest BCUT2D eigenvalue weighted by molar-refractivity contribution is -0.121. The fourth-order valence-corrected chi connectivity index (χ4v) is 2.28. The average Bonchev–Trinajstić information content (AvgIpc) is 2.38. The van der Waals surface area contributed by atoms with Crippen LogP contribution in [0.1, 0.15) is 52.5 Å². The van der Waals surface area contributed by atoms with Gasteiger partial charge in [0.1, 0.15) is 0 Å². The predicted octanol–water partition coefficient (Wildman–Crippen LogP) is 3.08. The van der Waals surface area contributed by atoms with Gasteiger partial charge in [-0.1, -0.05) is 32.0 Å². The van der Waals surface area contributed by atoms with Crippen LogP contribution >= 0.6 is 0 Å². The molecule has 0 bridgehead atoms. The lowest BCUT2D eigenvalue weighted by Crippen LogP contribution is -2.36. The minimum absolute atomic E-state index is 0.0294. The van der Waals surface area contributed by atoms with Crippen LogP contribution < -0.4 is 10.2 Å². The van der Waals surface area contributed by atoms with Crippen LogP contribution in [-0.2, 0) is 9.59 Å². The van der Waals surface area contributed by atoms with Crippen LogP contribution in [0, 0.1) is 0 Å². The van der Waals surface area contributed by atoms with Gasteiger partial charge in [0.2, 0.25) is 11.8 Å². The Labute approximate surface area is 127 Å². The Kier molecular flexibility index (Phi) is 6.40. The molecule has 0 radical (unpaired) electrons. The molecule has 0 aliphatic heterocycles. The van der Waals surface area contributed by atoms with Gasteiger partial charge in [-0.2, -0.15) is 0 Å². The summed E-state index contributed by atoms with van der Waals surface area (Å²) in [6, 6.07) is 7.99. The van der Waals surface area contributed by atoms with Crippen LogP contribution in [0.3, 0.4) is 0 Å². The molecule has 0 unspecified atom stereocenters. The standard InChI is InChI=1S/C17H26N2O2/c1-12(2)15-8-6-7-9-16(15)19(14(5)20)11-10-17(21)18-13(3)4/h6-9,12-13H,10-11H2,1-5H3,(H,18,21). The minimum atomic E-state index is -0.0413. The molecule has 1 rings (SSSR count). The van der Waals surface area contributed by atoms with E-state index in [1.54, 1.807) is 4.90 Å². The second-order valence-corrected chi connectivity index (χ2v) is 5.86. The van der Waals surface area contributed by atoms with E-state index in [0.29, 0.717) is 18.9 Å². The van der Waals surface area contributed by atoms with Gasteiger partial charge in [-0.05, 0) is 31.4 Å². The first-order valence-electron chi connectivity index (χ1n) is 7.49. The Balaban J connectivity index is 2.88. The molecule has 1 N–H and O–H groups in total. The van der Waals surface area contributed by atoms with Crippen molar-refractivity contribution in [2.75, 3.05) is 11.4 Å². The molecule has 21 heavy (non-hydrogen) atoms. The zero-order valence-electron chi connectivity index (χ0n) is 13.6. The molecule has 0 spiro atoms. The number of anilines is 1. The summed E-state index contributed by atoms with van der Waals surface area (Å²) in [6.07, 6.45) is 0.310. The minimum Gasteiger partial charge on any atom is -0.354 e. The molecular weight excluding hydrogens is 264 g/mol. The highest BCUT2D eigenvalue weighted by atomic mass is 16.2. The highest BCUT2D eigenvalue weighted by Gasteiger charge is 2.17. The molecule has 4 nitrogen and oxygen atoms in total.